The summed E-state index contributed by atoms with van der Waals surface area (Å²) in [5.74, 6) is 0.105. The lowest BCUT2D eigenvalue weighted by Gasteiger charge is -2.45. The molecule has 3 aliphatic heterocycles. The van der Waals surface area contributed by atoms with Crippen LogP contribution in [0.15, 0.2) is 30.3 Å². The molecule has 0 unspecified atom stereocenters. The molecule has 0 radical (unpaired) electrons. The van der Waals surface area contributed by atoms with E-state index in [1.165, 1.54) is 31.9 Å². The summed E-state index contributed by atoms with van der Waals surface area (Å²) in [6.45, 7) is 4.47. The summed E-state index contributed by atoms with van der Waals surface area (Å²) in [6, 6.07) is 11.2. The Hall–Kier alpha value is -1.39. The first-order valence-electron chi connectivity index (χ1n) is 9.33. The van der Waals surface area contributed by atoms with Crippen LogP contribution in [0.25, 0.3) is 0 Å². The first kappa shape index (κ1) is 16.1. The number of ether oxygens (including phenoxy) is 1. The fourth-order valence-corrected chi connectivity index (χ4v) is 5.31. The van der Waals surface area contributed by atoms with Gasteiger partial charge in [-0.3, -0.25) is 14.6 Å². The SMILES string of the molecule is COC(=O)[C@@H]1CC2(CCN(Cc3ccccc3)CC2)N2CCC[C@H]12. The largest absolute Gasteiger partial charge is 0.469 e. The van der Waals surface area contributed by atoms with Crippen LogP contribution in [0.5, 0.6) is 0 Å². The quantitative estimate of drug-likeness (QED) is 0.799. The van der Waals surface area contributed by atoms with Gasteiger partial charge < -0.3 is 4.74 Å². The van der Waals surface area contributed by atoms with Gasteiger partial charge in [0.15, 0.2) is 0 Å². The van der Waals surface area contributed by atoms with Gasteiger partial charge in [0.05, 0.1) is 13.0 Å². The van der Waals surface area contributed by atoms with E-state index in [1.54, 1.807) is 0 Å². The molecule has 0 saturated carbocycles. The van der Waals surface area contributed by atoms with Crippen molar-refractivity contribution in [1.29, 1.82) is 0 Å². The van der Waals surface area contributed by atoms with Gasteiger partial charge in [-0.2, -0.15) is 0 Å². The van der Waals surface area contributed by atoms with Gasteiger partial charge in [0.25, 0.3) is 0 Å². The molecule has 0 amide bonds. The van der Waals surface area contributed by atoms with E-state index in [9.17, 15) is 4.79 Å². The molecule has 4 heteroatoms. The number of benzene rings is 1. The number of hydrogen-bond acceptors (Lipinski definition) is 4. The molecule has 0 N–H and O–H groups in total. The summed E-state index contributed by atoms with van der Waals surface area (Å²) in [6.07, 6.45) is 5.76. The maximum absolute atomic E-state index is 12.2. The van der Waals surface area contributed by atoms with E-state index in [0.717, 1.165) is 39.0 Å². The highest BCUT2D eigenvalue weighted by molar-refractivity contribution is 5.74. The molecule has 24 heavy (non-hydrogen) atoms. The molecule has 2 atom stereocenters. The molecule has 0 aliphatic carbocycles. The van der Waals surface area contributed by atoms with E-state index in [0.29, 0.717) is 6.04 Å². The second kappa shape index (κ2) is 6.49. The number of nitrogens with zero attached hydrogens (tertiary/aromatic N) is 2. The molecule has 1 aromatic rings. The average Bonchev–Trinajstić information content (AvgIpc) is 3.21. The van der Waals surface area contributed by atoms with Crippen LogP contribution in [0, 0.1) is 5.92 Å². The minimum atomic E-state index is 0.00971. The van der Waals surface area contributed by atoms with Crippen LogP contribution in [0.2, 0.25) is 0 Å². The Kier molecular flexibility index (Phi) is 4.35. The summed E-state index contributed by atoms with van der Waals surface area (Å²) in [5.41, 5.74) is 1.64. The Morgan fingerprint density at radius 2 is 1.96 bits per heavy atom. The molecule has 3 fully saturated rings. The third kappa shape index (κ3) is 2.76. The van der Waals surface area contributed by atoms with Crippen molar-refractivity contribution in [2.45, 2.75) is 50.2 Å². The second-order valence-corrected chi connectivity index (χ2v) is 7.72. The number of rotatable bonds is 3. The molecule has 1 spiro atoms. The number of likely N-dealkylation sites (tertiary alicyclic amines) is 1. The van der Waals surface area contributed by atoms with Crippen molar-refractivity contribution in [3.8, 4) is 0 Å². The predicted octanol–water partition coefficient (Wildman–Crippen LogP) is 2.68. The van der Waals surface area contributed by atoms with E-state index < -0.39 is 0 Å². The van der Waals surface area contributed by atoms with Gasteiger partial charge in [0.1, 0.15) is 0 Å². The van der Waals surface area contributed by atoms with Gasteiger partial charge in [-0.25, -0.2) is 0 Å². The molecule has 3 saturated heterocycles. The van der Waals surface area contributed by atoms with E-state index in [2.05, 4.69) is 40.1 Å². The number of esters is 1. The van der Waals surface area contributed by atoms with Crippen molar-refractivity contribution in [2.24, 2.45) is 5.92 Å². The highest BCUT2D eigenvalue weighted by Gasteiger charge is 2.56. The summed E-state index contributed by atoms with van der Waals surface area (Å²) in [5, 5.41) is 0. The number of methoxy groups -OCH3 is 1. The molecular formula is C20H28N2O2. The number of fused-ring (bicyclic) bond motifs is 2. The third-order valence-corrected chi connectivity index (χ3v) is 6.51. The maximum atomic E-state index is 12.2. The van der Waals surface area contributed by atoms with Crippen LogP contribution in [0.3, 0.4) is 0 Å². The first-order chi connectivity index (χ1) is 11.7. The molecule has 1 aromatic carbocycles. The summed E-state index contributed by atoms with van der Waals surface area (Å²) >= 11 is 0. The molecule has 4 nitrogen and oxygen atoms in total. The Morgan fingerprint density at radius 3 is 2.67 bits per heavy atom. The Bertz CT molecular complexity index is 581. The van der Waals surface area contributed by atoms with Crippen LogP contribution in [-0.4, -0.2) is 54.1 Å². The van der Waals surface area contributed by atoms with Gasteiger partial charge in [-0.1, -0.05) is 30.3 Å². The zero-order valence-electron chi connectivity index (χ0n) is 14.6. The molecule has 3 heterocycles. The Labute approximate surface area is 144 Å². The molecule has 130 valence electrons. The zero-order chi connectivity index (χ0) is 16.6. The second-order valence-electron chi connectivity index (χ2n) is 7.72. The van der Waals surface area contributed by atoms with Gasteiger partial charge >= 0.3 is 5.97 Å². The number of piperidine rings is 1. The van der Waals surface area contributed by atoms with Crippen molar-refractivity contribution >= 4 is 5.97 Å². The van der Waals surface area contributed by atoms with E-state index in [4.69, 9.17) is 4.74 Å². The number of carbonyl (C=O) groups excluding carboxylic acids is 1. The smallest absolute Gasteiger partial charge is 0.310 e. The number of carbonyl (C=O) groups is 1. The van der Waals surface area contributed by atoms with Gasteiger partial charge in [-0.15, -0.1) is 0 Å². The van der Waals surface area contributed by atoms with Crippen LogP contribution in [-0.2, 0) is 16.1 Å². The normalized spacial score (nSPS) is 29.7. The molecular weight excluding hydrogens is 300 g/mol. The lowest BCUT2D eigenvalue weighted by molar-refractivity contribution is -0.146. The predicted molar refractivity (Wildman–Crippen MR) is 93.5 cm³/mol. The highest BCUT2D eigenvalue weighted by Crippen LogP contribution is 2.49. The Balaban J connectivity index is 1.43. The summed E-state index contributed by atoms with van der Waals surface area (Å²) in [7, 11) is 1.54. The lowest BCUT2D eigenvalue weighted by atomic mass is 9.81. The topological polar surface area (TPSA) is 32.8 Å². The minimum absolute atomic E-state index is 0.00971. The van der Waals surface area contributed by atoms with Crippen molar-refractivity contribution in [3.63, 3.8) is 0 Å². The zero-order valence-corrected chi connectivity index (χ0v) is 14.6. The fourth-order valence-electron chi connectivity index (χ4n) is 5.31. The van der Waals surface area contributed by atoms with E-state index in [-0.39, 0.29) is 17.4 Å². The average molecular weight is 328 g/mol. The summed E-state index contributed by atoms with van der Waals surface area (Å²) in [4.78, 5) is 17.5. The van der Waals surface area contributed by atoms with Gasteiger partial charge in [0.2, 0.25) is 0 Å². The highest BCUT2D eigenvalue weighted by atomic mass is 16.5. The van der Waals surface area contributed by atoms with Crippen molar-refractivity contribution in [2.75, 3.05) is 26.7 Å². The standard InChI is InChI=1S/C20H28N2O2/c1-24-19(23)17-14-20(22-11-5-8-18(17)22)9-12-21(13-10-20)15-16-6-3-2-4-7-16/h2-4,6-7,17-18H,5,8-15H2,1H3/t17-,18-/m1/s1. The van der Waals surface area contributed by atoms with E-state index >= 15 is 0 Å². The Morgan fingerprint density at radius 1 is 1.21 bits per heavy atom. The fraction of sp³-hybridized carbons (Fsp3) is 0.650. The lowest BCUT2D eigenvalue weighted by Crippen LogP contribution is -2.52. The van der Waals surface area contributed by atoms with Crippen molar-refractivity contribution in [3.05, 3.63) is 35.9 Å². The molecule has 0 aromatic heterocycles. The van der Waals surface area contributed by atoms with Crippen LogP contribution < -0.4 is 0 Å². The molecule has 3 aliphatic rings. The van der Waals surface area contributed by atoms with Gasteiger partial charge in [0, 0.05) is 31.2 Å². The van der Waals surface area contributed by atoms with Crippen LogP contribution >= 0.6 is 0 Å². The van der Waals surface area contributed by atoms with Crippen LogP contribution in [0.4, 0.5) is 0 Å². The number of hydrogen-bond donors (Lipinski definition) is 0. The van der Waals surface area contributed by atoms with Crippen molar-refractivity contribution < 1.29 is 9.53 Å². The van der Waals surface area contributed by atoms with Crippen LogP contribution in [0.1, 0.15) is 37.7 Å². The first-order valence-corrected chi connectivity index (χ1v) is 9.33. The third-order valence-electron chi connectivity index (χ3n) is 6.51. The van der Waals surface area contributed by atoms with Gasteiger partial charge in [-0.05, 0) is 44.2 Å². The summed E-state index contributed by atoms with van der Waals surface area (Å²) < 4.78 is 5.10. The van der Waals surface area contributed by atoms with E-state index in [1.807, 2.05) is 0 Å². The molecule has 0 bridgehead atoms. The van der Waals surface area contributed by atoms with Crippen molar-refractivity contribution in [1.82, 2.24) is 9.80 Å². The monoisotopic (exact) mass is 328 g/mol. The minimum Gasteiger partial charge on any atom is -0.469 e. The molecule has 4 rings (SSSR count). The maximum Gasteiger partial charge on any atom is 0.310 e.